The first-order chi connectivity index (χ1) is 7.68. The van der Waals surface area contributed by atoms with E-state index in [2.05, 4.69) is 0 Å². The Labute approximate surface area is 105 Å². The van der Waals surface area contributed by atoms with Gasteiger partial charge in [0.15, 0.2) is 0 Å². The van der Waals surface area contributed by atoms with Crippen LogP contribution in [0.3, 0.4) is 0 Å². The van der Waals surface area contributed by atoms with Gasteiger partial charge in [0.05, 0.1) is 6.42 Å². The molecule has 2 rings (SSSR count). The Balaban J connectivity index is 2.11. The van der Waals surface area contributed by atoms with Gasteiger partial charge in [0, 0.05) is 23.1 Å². The van der Waals surface area contributed by atoms with Crippen LogP contribution >= 0.6 is 23.2 Å². The van der Waals surface area contributed by atoms with Crippen molar-refractivity contribution in [1.29, 1.82) is 0 Å². The zero-order chi connectivity index (χ0) is 11.5. The van der Waals surface area contributed by atoms with Crippen LogP contribution < -0.4 is 0 Å². The molecule has 1 aliphatic heterocycles. The number of hydrogen-bond acceptors (Lipinski definition) is 1. The quantitative estimate of drug-likeness (QED) is 0.797. The molecule has 1 aromatic carbocycles. The third kappa shape index (κ3) is 2.50. The fourth-order valence-electron chi connectivity index (χ4n) is 1.93. The summed E-state index contributed by atoms with van der Waals surface area (Å²) in [6.07, 6.45) is 2.50. The van der Waals surface area contributed by atoms with E-state index in [9.17, 15) is 4.79 Å². The molecule has 1 amide bonds. The predicted molar refractivity (Wildman–Crippen MR) is 66.0 cm³/mol. The Hall–Kier alpha value is -0.730. The van der Waals surface area contributed by atoms with Gasteiger partial charge in [-0.2, -0.15) is 0 Å². The van der Waals surface area contributed by atoms with Crippen LogP contribution in [-0.2, 0) is 11.2 Å². The molecule has 1 fully saturated rings. The second kappa shape index (κ2) is 5.07. The Morgan fingerprint density at radius 3 is 2.31 bits per heavy atom. The first kappa shape index (κ1) is 11.7. The maximum Gasteiger partial charge on any atom is 0.227 e. The minimum atomic E-state index is 0.118. The lowest BCUT2D eigenvalue weighted by Crippen LogP contribution is -2.29. The minimum absolute atomic E-state index is 0.118. The van der Waals surface area contributed by atoms with Gasteiger partial charge < -0.3 is 4.90 Å². The molecule has 0 saturated carbocycles. The number of hydrogen-bond donors (Lipinski definition) is 0. The molecule has 16 heavy (non-hydrogen) atoms. The second-order valence-electron chi connectivity index (χ2n) is 3.96. The molecule has 0 atom stereocenters. The van der Waals surface area contributed by atoms with Crippen molar-refractivity contribution in [2.75, 3.05) is 13.1 Å². The van der Waals surface area contributed by atoms with Crippen molar-refractivity contribution in [3.05, 3.63) is 33.8 Å². The van der Waals surface area contributed by atoms with Crippen LogP contribution in [0.2, 0.25) is 10.0 Å². The first-order valence-corrected chi connectivity index (χ1v) is 6.15. The largest absolute Gasteiger partial charge is 0.342 e. The summed E-state index contributed by atoms with van der Waals surface area (Å²) >= 11 is 12.1. The maximum absolute atomic E-state index is 11.9. The monoisotopic (exact) mass is 257 g/mol. The summed E-state index contributed by atoms with van der Waals surface area (Å²) in [5, 5.41) is 1.14. The number of amides is 1. The lowest BCUT2D eigenvalue weighted by atomic mass is 10.1. The highest BCUT2D eigenvalue weighted by atomic mass is 35.5. The van der Waals surface area contributed by atoms with E-state index in [0.29, 0.717) is 16.5 Å². The fourth-order valence-corrected chi connectivity index (χ4v) is 2.46. The van der Waals surface area contributed by atoms with E-state index in [4.69, 9.17) is 23.2 Å². The first-order valence-electron chi connectivity index (χ1n) is 5.39. The van der Waals surface area contributed by atoms with Crippen molar-refractivity contribution in [1.82, 2.24) is 4.90 Å². The number of nitrogens with zero attached hydrogens (tertiary/aromatic N) is 1. The summed E-state index contributed by atoms with van der Waals surface area (Å²) in [7, 11) is 0. The highest BCUT2D eigenvalue weighted by molar-refractivity contribution is 6.36. The molecule has 1 aromatic rings. The zero-order valence-corrected chi connectivity index (χ0v) is 10.4. The third-order valence-corrected chi connectivity index (χ3v) is 3.56. The van der Waals surface area contributed by atoms with Crippen molar-refractivity contribution in [2.24, 2.45) is 0 Å². The molecule has 1 saturated heterocycles. The summed E-state index contributed by atoms with van der Waals surface area (Å²) in [4.78, 5) is 13.8. The molecular formula is C12H13Cl2NO. The summed E-state index contributed by atoms with van der Waals surface area (Å²) in [5.74, 6) is 0.118. The third-order valence-electron chi connectivity index (χ3n) is 2.85. The van der Waals surface area contributed by atoms with E-state index in [1.54, 1.807) is 18.2 Å². The maximum atomic E-state index is 11.9. The molecule has 1 heterocycles. The standard InChI is InChI=1S/C12H13Cl2NO/c13-10-4-3-5-11(14)9(10)8-12(16)15-6-1-2-7-15/h3-5H,1-2,6-8H2. The van der Waals surface area contributed by atoms with Crippen molar-refractivity contribution >= 4 is 29.1 Å². The van der Waals surface area contributed by atoms with Crippen molar-refractivity contribution in [2.45, 2.75) is 19.3 Å². The van der Waals surface area contributed by atoms with Gasteiger partial charge in [-0.3, -0.25) is 4.79 Å². The van der Waals surface area contributed by atoms with Crippen LogP contribution in [0.1, 0.15) is 18.4 Å². The SMILES string of the molecule is O=C(Cc1c(Cl)cccc1Cl)N1CCCC1. The van der Waals surface area contributed by atoms with Crippen LogP contribution in [0.5, 0.6) is 0 Å². The van der Waals surface area contributed by atoms with E-state index >= 15 is 0 Å². The van der Waals surface area contributed by atoms with E-state index in [0.717, 1.165) is 31.5 Å². The summed E-state index contributed by atoms with van der Waals surface area (Å²) < 4.78 is 0. The average Bonchev–Trinajstić information content (AvgIpc) is 2.76. The van der Waals surface area contributed by atoms with Crippen LogP contribution in [0, 0.1) is 0 Å². The Morgan fingerprint density at radius 2 is 1.75 bits per heavy atom. The van der Waals surface area contributed by atoms with Crippen LogP contribution in [0.15, 0.2) is 18.2 Å². The van der Waals surface area contributed by atoms with Crippen molar-refractivity contribution in [3.63, 3.8) is 0 Å². The van der Waals surface area contributed by atoms with Gasteiger partial charge in [-0.1, -0.05) is 29.3 Å². The molecule has 0 unspecified atom stereocenters. The van der Waals surface area contributed by atoms with Gasteiger partial charge in [-0.25, -0.2) is 0 Å². The highest BCUT2D eigenvalue weighted by Gasteiger charge is 2.19. The van der Waals surface area contributed by atoms with E-state index in [-0.39, 0.29) is 5.91 Å². The van der Waals surface area contributed by atoms with Gasteiger partial charge in [0.2, 0.25) is 5.91 Å². The van der Waals surface area contributed by atoms with E-state index in [1.165, 1.54) is 0 Å². The van der Waals surface area contributed by atoms with E-state index < -0.39 is 0 Å². The van der Waals surface area contributed by atoms with E-state index in [1.807, 2.05) is 4.90 Å². The van der Waals surface area contributed by atoms with Gasteiger partial charge in [0.25, 0.3) is 0 Å². The molecule has 0 aliphatic carbocycles. The minimum Gasteiger partial charge on any atom is -0.342 e. The second-order valence-corrected chi connectivity index (χ2v) is 4.78. The van der Waals surface area contributed by atoms with Crippen LogP contribution in [0.4, 0.5) is 0 Å². The van der Waals surface area contributed by atoms with Gasteiger partial charge >= 0.3 is 0 Å². The Morgan fingerprint density at radius 1 is 1.19 bits per heavy atom. The molecule has 1 aliphatic rings. The Bertz CT molecular complexity index is 380. The predicted octanol–water partition coefficient (Wildman–Crippen LogP) is 3.16. The molecule has 0 spiro atoms. The number of likely N-dealkylation sites (tertiary alicyclic amines) is 1. The number of carbonyl (C=O) groups excluding carboxylic acids is 1. The number of benzene rings is 1. The van der Waals surface area contributed by atoms with Gasteiger partial charge in [-0.15, -0.1) is 0 Å². The lowest BCUT2D eigenvalue weighted by Gasteiger charge is -2.16. The van der Waals surface area contributed by atoms with Gasteiger partial charge in [0.1, 0.15) is 0 Å². The number of carbonyl (C=O) groups is 1. The summed E-state index contributed by atoms with van der Waals surface area (Å²) in [6, 6.07) is 5.31. The molecule has 0 bridgehead atoms. The highest BCUT2D eigenvalue weighted by Crippen LogP contribution is 2.25. The lowest BCUT2D eigenvalue weighted by molar-refractivity contribution is -0.129. The number of halogens is 2. The average molecular weight is 258 g/mol. The zero-order valence-electron chi connectivity index (χ0n) is 8.88. The van der Waals surface area contributed by atoms with Crippen LogP contribution in [-0.4, -0.2) is 23.9 Å². The molecule has 86 valence electrons. The molecule has 0 aromatic heterocycles. The molecule has 0 N–H and O–H groups in total. The number of rotatable bonds is 2. The topological polar surface area (TPSA) is 20.3 Å². The molecule has 4 heteroatoms. The smallest absolute Gasteiger partial charge is 0.227 e. The van der Waals surface area contributed by atoms with Gasteiger partial charge in [-0.05, 0) is 30.5 Å². The normalized spacial score (nSPS) is 15.5. The van der Waals surface area contributed by atoms with Crippen molar-refractivity contribution < 1.29 is 4.79 Å². The summed E-state index contributed by atoms with van der Waals surface area (Å²) in [6.45, 7) is 1.72. The summed E-state index contributed by atoms with van der Waals surface area (Å²) in [5.41, 5.74) is 0.739. The molecule has 2 nitrogen and oxygen atoms in total. The fraction of sp³-hybridized carbons (Fsp3) is 0.417. The van der Waals surface area contributed by atoms with Crippen LogP contribution in [0.25, 0.3) is 0 Å². The van der Waals surface area contributed by atoms with Crippen molar-refractivity contribution in [3.8, 4) is 0 Å². The Kier molecular flexibility index (Phi) is 3.72. The molecular weight excluding hydrogens is 245 g/mol. The molecule has 0 radical (unpaired) electrons.